The molecule has 0 saturated heterocycles. The van der Waals surface area contributed by atoms with Crippen molar-refractivity contribution in [2.75, 3.05) is 0 Å². The Kier molecular flexibility index (Phi) is 4.67. The minimum atomic E-state index is -0.500. The van der Waals surface area contributed by atoms with Gasteiger partial charge in [0.2, 0.25) is 0 Å². The third-order valence-electron chi connectivity index (χ3n) is 3.50. The molecule has 0 aliphatic carbocycles. The number of hydrogen-bond donors (Lipinski definition) is 0. The highest BCUT2D eigenvalue weighted by Gasteiger charge is 2.12. The van der Waals surface area contributed by atoms with Crippen LogP contribution in [0.3, 0.4) is 0 Å². The number of ketones is 1. The standard InChI is InChI=1S/C17H12ClFN4O2/c1-23-17(25)3-10(8-22-23)2-16(24)15-7-14(20-9-21-15)11-4-12(18)6-13(19)5-11/h3-9H,2H2,1H3. The van der Waals surface area contributed by atoms with Crippen LogP contribution in [0.25, 0.3) is 11.3 Å². The van der Waals surface area contributed by atoms with Gasteiger partial charge in [-0.3, -0.25) is 9.59 Å². The molecule has 0 aliphatic heterocycles. The van der Waals surface area contributed by atoms with Gasteiger partial charge in [-0.15, -0.1) is 0 Å². The Hall–Kier alpha value is -2.93. The van der Waals surface area contributed by atoms with E-state index >= 15 is 0 Å². The minimum absolute atomic E-state index is 0.0244. The highest BCUT2D eigenvalue weighted by molar-refractivity contribution is 6.30. The van der Waals surface area contributed by atoms with E-state index in [0.717, 1.165) is 0 Å². The molecule has 2 aromatic heterocycles. The second kappa shape index (κ2) is 6.90. The number of hydrogen-bond acceptors (Lipinski definition) is 5. The zero-order valence-corrected chi connectivity index (χ0v) is 13.9. The van der Waals surface area contributed by atoms with Crippen LogP contribution < -0.4 is 5.56 Å². The molecular formula is C17H12ClFN4O2. The predicted octanol–water partition coefficient (Wildman–Crippen LogP) is 2.46. The van der Waals surface area contributed by atoms with Gasteiger partial charge in [0.1, 0.15) is 17.8 Å². The topological polar surface area (TPSA) is 77.7 Å². The molecule has 0 saturated carbocycles. The number of rotatable bonds is 4. The number of carbonyl (C=O) groups is 1. The van der Waals surface area contributed by atoms with E-state index in [1.807, 2.05) is 0 Å². The smallest absolute Gasteiger partial charge is 0.266 e. The number of aromatic nitrogens is 4. The molecule has 8 heteroatoms. The molecule has 25 heavy (non-hydrogen) atoms. The summed E-state index contributed by atoms with van der Waals surface area (Å²) in [6.07, 6.45) is 2.65. The van der Waals surface area contributed by atoms with Crippen molar-refractivity contribution in [2.45, 2.75) is 6.42 Å². The first kappa shape index (κ1) is 16.9. The summed E-state index contributed by atoms with van der Waals surface area (Å²) in [4.78, 5) is 32.0. The van der Waals surface area contributed by atoms with Crippen molar-refractivity contribution in [3.8, 4) is 11.3 Å². The van der Waals surface area contributed by atoms with E-state index in [1.165, 1.54) is 48.5 Å². The normalized spacial score (nSPS) is 10.7. The summed E-state index contributed by atoms with van der Waals surface area (Å²) in [5.74, 6) is -0.804. The van der Waals surface area contributed by atoms with Crippen molar-refractivity contribution in [3.05, 3.63) is 75.3 Å². The molecule has 0 atom stereocenters. The van der Waals surface area contributed by atoms with Crippen molar-refractivity contribution >= 4 is 17.4 Å². The molecule has 6 nitrogen and oxygen atoms in total. The lowest BCUT2D eigenvalue weighted by molar-refractivity contribution is 0.0988. The summed E-state index contributed by atoms with van der Waals surface area (Å²) in [7, 11) is 1.52. The zero-order chi connectivity index (χ0) is 18.0. The Balaban J connectivity index is 1.89. The lowest BCUT2D eigenvalue weighted by atomic mass is 10.1. The molecule has 0 N–H and O–H groups in total. The predicted molar refractivity (Wildman–Crippen MR) is 89.9 cm³/mol. The highest BCUT2D eigenvalue weighted by atomic mass is 35.5. The number of carbonyl (C=O) groups excluding carboxylic acids is 1. The van der Waals surface area contributed by atoms with Gasteiger partial charge in [0, 0.05) is 30.1 Å². The SMILES string of the molecule is Cn1ncc(CC(=O)c2cc(-c3cc(F)cc(Cl)c3)ncn2)cc1=O. The van der Waals surface area contributed by atoms with E-state index in [2.05, 4.69) is 15.1 Å². The summed E-state index contributed by atoms with van der Waals surface area (Å²) in [6, 6.07) is 6.81. The Morgan fingerprint density at radius 3 is 2.72 bits per heavy atom. The third-order valence-corrected chi connectivity index (χ3v) is 3.72. The molecule has 2 heterocycles. The first-order valence-corrected chi connectivity index (χ1v) is 7.64. The van der Waals surface area contributed by atoms with Crippen LogP contribution in [-0.2, 0) is 13.5 Å². The van der Waals surface area contributed by atoms with Crippen LogP contribution in [0.1, 0.15) is 16.1 Å². The molecule has 0 bridgehead atoms. The second-order valence-corrected chi connectivity index (χ2v) is 5.81. The largest absolute Gasteiger partial charge is 0.292 e. The van der Waals surface area contributed by atoms with Gasteiger partial charge in [0.15, 0.2) is 5.78 Å². The second-order valence-electron chi connectivity index (χ2n) is 5.37. The summed E-state index contributed by atoms with van der Waals surface area (Å²) in [5, 5.41) is 4.10. The molecule has 0 fully saturated rings. The van der Waals surface area contributed by atoms with Gasteiger partial charge >= 0.3 is 0 Å². The Morgan fingerprint density at radius 1 is 1.20 bits per heavy atom. The lowest BCUT2D eigenvalue weighted by Gasteiger charge is -2.05. The van der Waals surface area contributed by atoms with Crippen LogP contribution in [0.5, 0.6) is 0 Å². The van der Waals surface area contributed by atoms with Gasteiger partial charge in [-0.05, 0) is 29.8 Å². The van der Waals surface area contributed by atoms with Crippen LogP contribution in [0.4, 0.5) is 4.39 Å². The lowest BCUT2D eigenvalue weighted by Crippen LogP contribution is -2.20. The average molecular weight is 359 g/mol. The fraction of sp³-hybridized carbons (Fsp3) is 0.118. The molecule has 0 spiro atoms. The average Bonchev–Trinajstić information content (AvgIpc) is 2.57. The Morgan fingerprint density at radius 2 is 2.00 bits per heavy atom. The Bertz CT molecular complexity index is 999. The molecule has 3 rings (SSSR count). The molecule has 0 unspecified atom stereocenters. The zero-order valence-electron chi connectivity index (χ0n) is 13.1. The van der Waals surface area contributed by atoms with E-state index in [0.29, 0.717) is 16.8 Å². The van der Waals surface area contributed by atoms with Gasteiger partial charge in [-0.25, -0.2) is 19.0 Å². The van der Waals surface area contributed by atoms with Crippen molar-refractivity contribution < 1.29 is 9.18 Å². The molecule has 3 aromatic rings. The molecule has 0 amide bonds. The van der Waals surface area contributed by atoms with Gasteiger partial charge in [-0.2, -0.15) is 5.10 Å². The van der Waals surface area contributed by atoms with Gasteiger partial charge in [0.05, 0.1) is 11.9 Å². The monoisotopic (exact) mass is 358 g/mol. The molecule has 1 aromatic carbocycles. The quantitative estimate of drug-likeness (QED) is 0.669. The maximum absolute atomic E-state index is 13.5. The molecular weight excluding hydrogens is 347 g/mol. The van der Waals surface area contributed by atoms with Crippen molar-refractivity contribution in [2.24, 2.45) is 7.05 Å². The van der Waals surface area contributed by atoms with Crippen molar-refractivity contribution in [1.82, 2.24) is 19.7 Å². The highest BCUT2D eigenvalue weighted by Crippen LogP contribution is 2.23. The fourth-order valence-corrected chi connectivity index (χ4v) is 2.47. The van der Waals surface area contributed by atoms with Crippen LogP contribution >= 0.6 is 11.6 Å². The van der Waals surface area contributed by atoms with E-state index < -0.39 is 5.82 Å². The molecule has 126 valence electrons. The first-order chi connectivity index (χ1) is 11.9. The Labute approximate surface area is 146 Å². The van der Waals surface area contributed by atoms with Crippen molar-refractivity contribution in [1.29, 1.82) is 0 Å². The summed E-state index contributed by atoms with van der Waals surface area (Å²) in [5.41, 5.74) is 1.16. The maximum atomic E-state index is 13.5. The minimum Gasteiger partial charge on any atom is -0.292 e. The van der Waals surface area contributed by atoms with Gasteiger partial charge in [-0.1, -0.05) is 11.6 Å². The van der Waals surface area contributed by atoms with Crippen LogP contribution in [0.2, 0.25) is 5.02 Å². The summed E-state index contributed by atoms with van der Waals surface area (Å²) >= 11 is 5.85. The number of aryl methyl sites for hydroxylation is 1. The van der Waals surface area contributed by atoms with Gasteiger partial charge < -0.3 is 0 Å². The van der Waals surface area contributed by atoms with Crippen LogP contribution in [0.15, 0.2) is 47.7 Å². The molecule has 0 radical (unpaired) electrons. The molecule has 0 aliphatic rings. The van der Waals surface area contributed by atoms with E-state index in [9.17, 15) is 14.0 Å². The number of nitrogens with zero attached hydrogens (tertiary/aromatic N) is 4. The third kappa shape index (κ3) is 3.95. The number of benzene rings is 1. The fourth-order valence-electron chi connectivity index (χ4n) is 2.25. The van der Waals surface area contributed by atoms with E-state index in [1.54, 1.807) is 6.07 Å². The van der Waals surface area contributed by atoms with E-state index in [4.69, 9.17) is 11.6 Å². The van der Waals surface area contributed by atoms with Crippen molar-refractivity contribution in [3.63, 3.8) is 0 Å². The summed E-state index contributed by atoms with van der Waals surface area (Å²) in [6.45, 7) is 0. The first-order valence-electron chi connectivity index (χ1n) is 7.26. The number of Topliss-reactive ketones (excluding diaryl/α,β-unsaturated/α-hetero) is 1. The van der Waals surface area contributed by atoms with Crippen LogP contribution in [0, 0.1) is 5.82 Å². The number of halogens is 2. The maximum Gasteiger partial charge on any atom is 0.266 e. The summed E-state index contributed by atoms with van der Waals surface area (Å²) < 4.78 is 14.7. The van der Waals surface area contributed by atoms with E-state index in [-0.39, 0.29) is 28.5 Å². The van der Waals surface area contributed by atoms with Gasteiger partial charge in [0.25, 0.3) is 5.56 Å². The van der Waals surface area contributed by atoms with Crippen LogP contribution in [-0.4, -0.2) is 25.5 Å².